The lowest BCUT2D eigenvalue weighted by Crippen LogP contribution is -2.30. The first-order chi connectivity index (χ1) is 8.54. The zero-order valence-electron chi connectivity index (χ0n) is 10.6. The summed E-state index contributed by atoms with van der Waals surface area (Å²) in [5.74, 6) is -1.25. The molecule has 0 heterocycles. The number of para-hydroxylation sites is 1. The van der Waals surface area contributed by atoms with Gasteiger partial charge in [0.05, 0.1) is 11.3 Å². The molecule has 0 spiro atoms. The molecule has 0 aliphatic rings. The van der Waals surface area contributed by atoms with Gasteiger partial charge in [-0.3, -0.25) is 4.79 Å². The Balaban J connectivity index is 2.67. The first kappa shape index (κ1) is 14.2. The Morgan fingerprint density at radius 2 is 2.00 bits per heavy atom. The molecular weight excluding hydrogens is 232 g/mol. The van der Waals surface area contributed by atoms with E-state index in [0.29, 0.717) is 12.1 Å². The molecule has 0 aliphatic heterocycles. The van der Waals surface area contributed by atoms with Gasteiger partial charge in [-0.15, -0.1) is 0 Å². The minimum Gasteiger partial charge on any atom is -0.478 e. The maximum Gasteiger partial charge on any atom is 0.337 e. The predicted octanol–water partition coefficient (Wildman–Crippen LogP) is 1.71. The molecule has 5 heteroatoms. The van der Waals surface area contributed by atoms with Crippen LogP contribution in [0, 0.1) is 0 Å². The van der Waals surface area contributed by atoms with E-state index in [-0.39, 0.29) is 17.5 Å². The molecule has 98 valence electrons. The summed E-state index contributed by atoms with van der Waals surface area (Å²) in [7, 11) is 0. The molecule has 0 saturated heterocycles. The van der Waals surface area contributed by atoms with Crippen molar-refractivity contribution in [2.24, 2.45) is 0 Å². The second-order valence-electron chi connectivity index (χ2n) is 4.06. The van der Waals surface area contributed by atoms with E-state index in [4.69, 9.17) is 5.11 Å². The predicted molar refractivity (Wildman–Crippen MR) is 69.8 cm³/mol. The van der Waals surface area contributed by atoms with Gasteiger partial charge in [0, 0.05) is 12.5 Å². The van der Waals surface area contributed by atoms with Gasteiger partial charge in [0.2, 0.25) is 5.91 Å². The number of carboxylic acids is 1. The molecule has 18 heavy (non-hydrogen) atoms. The van der Waals surface area contributed by atoms with Crippen LogP contribution in [0.25, 0.3) is 0 Å². The summed E-state index contributed by atoms with van der Waals surface area (Å²) in [6, 6.07) is 6.42. The van der Waals surface area contributed by atoms with Gasteiger partial charge < -0.3 is 15.7 Å². The van der Waals surface area contributed by atoms with Gasteiger partial charge in [0.15, 0.2) is 0 Å². The smallest absolute Gasteiger partial charge is 0.337 e. The average Bonchev–Trinajstić information content (AvgIpc) is 2.29. The highest BCUT2D eigenvalue weighted by Crippen LogP contribution is 2.15. The maximum atomic E-state index is 11.7. The zero-order chi connectivity index (χ0) is 13.5. The molecule has 0 radical (unpaired) electrons. The van der Waals surface area contributed by atoms with Crippen LogP contribution in [0.15, 0.2) is 24.3 Å². The van der Waals surface area contributed by atoms with Crippen LogP contribution in [-0.4, -0.2) is 29.6 Å². The van der Waals surface area contributed by atoms with Crippen molar-refractivity contribution in [3.05, 3.63) is 29.8 Å². The third-order valence-corrected chi connectivity index (χ3v) is 2.48. The first-order valence-electron chi connectivity index (χ1n) is 5.90. The highest BCUT2D eigenvalue weighted by molar-refractivity contribution is 6.00. The van der Waals surface area contributed by atoms with E-state index in [2.05, 4.69) is 10.6 Å². The Bertz CT molecular complexity index is 432. The second kappa shape index (κ2) is 6.76. The minimum atomic E-state index is -1.05. The van der Waals surface area contributed by atoms with Crippen molar-refractivity contribution in [3.63, 3.8) is 0 Å². The number of rotatable bonds is 6. The SMILES string of the molecule is CCNC(C)CC(=O)Nc1ccccc1C(=O)O. The molecule has 1 unspecified atom stereocenters. The number of benzene rings is 1. The number of hydrogen-bond acceptors (Lipinski definition) is 3. The number of amides is 1. The summed E-state index contributed by atoms with van der Waals surface area (Å²) in [5.41, 5.74) is 0.431. The molecule has 1 amide bonds. The molecule has 0 bridgehead atoms. The van der Waals surface area contributed by atoms with E-state index in [1.165, 1.54) is 6.07 Å². The summed E-state index contributed by atoms with van der Waals surface area (Å²) in [6.07, 6.45) is 0.307. The summed E-state index contributed by atoms with van der Waals surface area (Å²) in [4.78, 5) is 22.7. The van der Waals surface area contributed by atoms with E-state index < -0.39 is 5.97 Å². The van der Waals surface area contributed by atoms with Crippen molar-refractivity contribution in [2.75, 3.05) is 11.9 Å². The number of nitrogens with one attached hydrogen (secondary N) is 2. The Labute approximate surface area is 106 Å². The van der Waals surface area contributed by atoms with Crippen molar-refractivity contribution >= 4 is 17.6 Å². The third-order valence-electron chi connectivity index (χ3n) is 2.48. The molecular formula is C13H18N2O3. The zero-order valence-corrected chi connectivity index (χ0v) is 10.6. The Kier molecular flexibility index (Phi) is 5.32. The van der Waals surface area contributed by atoms with E-state index in [0.717, 1.165) is 6.54 Å². The molecule has 0 fully saturated rings. The topological polar surface area (TPSA) is 78.4 Å². The minimum absolute atomic E-state index is 0.0620. The van der Waals surface area contributed by atoms with Crippen LogP contribution < -0.4 is 10.6 Å². The fraction of sp³-hybridized carbons (Fsp3) is 0.385. The number of aromatic carboxylic acids is 1. The molecule has 5 nitrogen and oxygen atoms in total. The maximum absolute atomic E-state index is 11.7. The van der Waals surface area contributed by atoms with Gasteiger partial charge in [-0.25, -0.2) is 4.79 Å². The first-order valence-corrected chi connectivity index (χ1v) is 5.90. The van der Waals surface area contributed by atoms with E-state index >= 15 is 0 Å². The Morgan fingerprint density at radius 3 is 2.61 bits per heavy atom. The molecule has 1 rings (SSSR count). The quantitative estimate of drug-likeness (QED) is 0.718. The van der Waals surface area contributed by atoms with E-state index in [9.17, 15) is 9.59 Å². The van der Waals surface area contributed by atoms with Crippen LogP contribution in [0.3, 0.4) is 0 Å². The summed E-state index contributed by atoms with van der Waals surface area (Å²) < 4.78 is 0. The third kappa shape index (κ3) is 4.18. The van der Waals surface area contributed by atoms with Crippen LogP contribution in [0.1, 0.15) is 30.6 Å². The molecule has 1 atom stereocenters. The molecule has 0 aromatic heterocycles. The monoisotopic (exact) mass is 250 g/mol. The highest BCUT2D eigenvalue weighted by Gasteiger charge is 2.13. The van der Waals surface area contributed by atoms with Crippen molar-refractivity contribution in [2.45, 2.75) is 26.3 Å². The van der Waals surface area contributed by atoms with Crippen LogP contribution >= 0.6 is 0 Å². The normalized spacial score (nSPS) is 11.9. The lowest BCUT2D eigenvalue weighted by atomic mass is 10.1. The lowest BCUT2D eigenvalue weighted by molar-refractivity contribution is -0.116. The van der Waals surface area contributed by atoms with Crippen LogP contribution in [0.2, 0.25) is 0 Å². The Hall–Kier alpha value is -1.88. The molecule has 0 saturated carbocycles. The largest absolute Gasteiger partial charge is 0.478 e. The van der Waals surface area contributed by atoms with Gasteiger partial charge in [-0.1, -0.05) is 19.1 Å². The standard InChI is InChI=1S/C13H18N2O3/c1-3-14-9(2)8-12(16)15-11-7-5-4-6-10(11)13(17)18/h4-7,9,14H,3,8H2,1-2H3,(H,15,16)(H,17,18). The second-order valence-corrected chi connectivity index (χ2v) is 4.06. The van der Waals surface area contributed by atoms with Gasteiger partial charge in [0.25, 0.3) is 0 Å². The van der Waals surface area contributed by atoms with Crippen LogP contribution in [0.4, 0.5) is 5.69 Å². The van der Waals surface area contributed by atoms with Gasteiger partial charge in [-0.05, 0) is 25.6 Å². The number of carbonyl (C=O) groups excluding carboxylic acids is 1. The van der Waals surface area contributed by atoms with Crippen molar-refractivity contribution in [3.8, 4) is 0 Å². The fourth-order valence-electron chi connectivity index (χ4n) is 1.68. The number of anilines is 1. The van der Waals surface area contributed by atoms with Crippen molar-refractivity contribution in [1.82, 2.24) is 5.32 Å². The van der Waals surface area contributed by atoms with Gasteiger partial charge in [0.1, 0.15) is 0 Å². The molecule has 0 aliphatic carbocycles. The number of carboxylic acid groups (broad SMARTS) is 1. The molecule has 3 N–H and O–H groups in total. The van der Waals surface area contributed by atoms with Crippen molar-refractivity contribution in [1.29, 1.82) is 0 Å². The van der Waals surface area contributed by atoms with Crippen molar-refractivity contribution < 1.29 is 14.7 Å². The Morgan fingerprint density at radius 1 is 1.33 bits per heavy atom. The van der Waals surface area contributed by atoms with E-state index in [1.807, 2.05) is 13.8 Å². The van der Waals surface area contributed by atoms with Gasteiger partial charge >= 0.3 is 5.97 Å². The van der Waals surface area contributed by atoms with Crippen LogP contribution in [-0.2, 0) is 4.79 Å². The summed E-state index contributed by atoms with van der Waals surface area (Å²) >= 11 is 0. The van der Waals surface area contributed by atoms with Gasteiger partial charge in [-0.2, -0.15) is 0 Å². The highest BCUT2D eigenvalue weighted by atomic mass is 16.4. The molecule has 1 aromatic rings. The summed E-state index contributed by atoms with van der Waals surface area (Å²) in [5, 5.41) is 14.7. The lowest BCUT2D eigenvalue weighted by Gasteiger charge is -2.13. The molecule has 1 aromatic carbocycles. The summed E-state index contributed by atoms with van der Waals surface area (Å²) in [6.45, 7) is 4.67. The fourth-order valence-corrected chi connectivity index (χ4v) is 1.68. The average molecular weight is 250 g/mol. The van der Waals surface area contributed by atoms with E-state index in [1.54, 1.807) is 18.2 Å². The van der Waals surface area contributed by atoms with Crippen LogP contribution in [0.5, 0.6) is 0 Å². The number of carbonyl (C=O) groups is 2. The number of hydrogen-bond donors (Lipinski definition) is 3.